The molecule has 2 amide bonds. The Balaban J connectivity index is 0.00000208. The van der Waals surface area contributed by atoms with Gasteiger partial charge < -0.3 is 16.0 Å². The molecule has 0 unspecified atom stereocenters. The average Bonchev–Trinajstić information content (AvgIpc) is 2.72. The number of aryl methyl sites for hydroxylation is 1. The van der Waals surface area contributed by atoms with E-state index in [-0.39, 0.29) is 47.8 Å². The smallest absolute Gasteiger partial charge is 0.258 e. The number of carbonyl (C=O) groups excluding carboxylic acids is 2. The van der Waals surface area contributed by atoms with E-state index in [2.05, 4.69) is 5.32 Å². The zero-order chi connectivity index (χ0) is 16.4. The third-order valence-electron chi connectivity index (χ3n) is 4.09. The summed E-state index contributed by atoms with van der Waals surface area (Å²) in [6.45, 7) is 2.76. The van der Waals surface area contributed by atoms with Crippen LogP contribution in [0.5, 0.6) is 0 Å². The van der Waals surface area contributed by atoms with E-state index in [1.807, 2.05) is 43.3 Å². The molecule has 2 aromatic carbocycles. The van der Waals surface area contributed by atoms with Gasteiger partial charge in [0.1, 0.15) is 0 Å². The fourth-order valence-electron chi connectivity index (χ4n) is 2.79. The molecule has 1 radical (unpaired) electrons. The fourth-order valence-corrected chi connectivity index (χ4v) is 2.79. The molecule has 6 heteroatoms. The van der Waals surface area contributed by atoms with Crippen LogP contribution < -0.4 is 16.0 Å². The quantitative estimate of drug-likeness (QED) is 0.827. The number of hydrogen-bond donors (Lipinski definition) is 2. The van der Waals surface area contributed by atoms with Gasteiger partial charge >= 0.3 is 0 Å². The molecule has 3 N–H and O–H groups in total. The second-order valence-corrected chi connectivity index (χ2v) is 5.62. The first kappa shape index (κ1) is 18.7. The first-order valence-electron chi connectivity index (χ1n) is 7.60. The summed E-state index contributed by atoms with van der Waals surface area (Å²) in [6, 6.07) is 12.9. The number of nitrogens with zero attached hydrogens (tertiary/aromatic N) is 1. The minimum absolute atomic E-state index is 0. The van der Waals surface area contributed by atoms with Gasteiger partial charge in [-0.25, -0.2) is 0 Å². The van der Waals surface area contributed by atoms with Crippen LogP contribution in [0, 0.1) is 6.92 Å². The molecule has 0 aliphatic carbocycles. The molecule has 0 aromatic heterocycles. The number of nitrogens with two attached hydrogens (primary N) is 1. The molecule has 1 heterocycles. The number of amides is 2. The Kier molecular flexibility index (Phi) is 6.18. The van der Waals surface area contributed by atoms with Crippen LogP contribution in [0.25, 0.3) is 0 Å². The number of fused-ring (bicyclic) bond motifs is 1. The number of rotatable bonds is 2. The van der Waals surface area contributed by atoms with Gasteiger partial charge in [-0.15, -0.1) is 0 Å². The van der Waals surface area contributed by atoms with Crippen molar-refractivity contribution in [3.63, 3.8) is 0 Å². The largest absolute Gasteiger partial charge is 0.326 e. The maximum absolute atomic E-state index is 12.9. The van der Waals surface area contributed by atoms with Crippen molar-refractivity contribution < 1.29 is 9.59 Å². The molecular formula is C18H19N3NaO2. The van der Waals surface area contributed by atoms with Gasteiger partial charge in [-0.05, 0) is 42.3 Å². The number of nitrogens with one attached hydrogen (secondary N) is 1. The first-order valence-corrected chi connectivity index (χ1v) is 7.60. The van der Waals surface area contributed by atoms with Crippen molar-refractivity contribution in [1.82, 2.24) is 0 Å². The summed E-state index contributed by atoms with van der Waals surface area (Å²) in [5, 5.41) is 2.84. The standard InChI is InChI=1S/C18H19N3O2.Na/c1-12-10-13(6-7-14(12)11-19)18(23)21-9-8-17(22)20-15-4-2-3-5-16(15)21;/h2-7,10H,8-9,11,19H2,1H3,(H,20,22);. The second kappa shape index (κ2) is 7.94. The maximum Gasteiger partial charge on any atom is 0.258 e. The van der Waals surface area contributed by atoms with Crippen LogP contribution >= 0.6 is 0 Å². The molecule has 0 bridgehead atoms. The average molecular weight is 332 g/mol. The summed E-state index contributed by atoms with van der Waals surface area (Å²) in [5.41, 5.74) is 9.69. The van der Waals surface area contributed by atoms with Crippen LogP contribution in [-0.2, 0) is 11.3 Å². The third-order valence-corrected chi connectivity index (χ3v) is 4.09. The molecule has 0 atom stereocenters. The van der Waals surface area contributed by atoms with Gasteiger partial charge in [0.2, 0.25) is 5.91 Å². The van der Waals surface area contributed by atoms with Crippen molar-refractivity contribution in [1.29, 1.82) is 0 Å². The molecule has 24 heavy (non-hydrogen) atoms. The zero-order valence-corrected chi connectivity index (χ0v) is 16.0. The molecule has 2 aromatic rings. The van der Waals surface area contributed by atoms with Crippen LogP contribution in [0.2, 0.25) is 0 Å². The number of benzene rings is 2. The summed E-state index contributed by atoms with van der Waals surface area (Å²) in [4.78, 5) is 26.4. The topological polar surface area (TPSA) is 75.4 Å². The van der Waals surface area contributed by atoms with Crippen LogP contribution in [0.1, 0.15) is 27.9 Å². The Bertz CT molecular complexity index is 777. The minimum atomic E-state index is -0.111. The predicted molar refractivity (Wildman–Crippen MR) is 96.2 cm³/mol. The van der Waals surface area contributed by atoms with E-state index in [1.54, 1.807) is 11.0 Å². The van der Waals surface area contributed by atoms with E-state index in [0.29, 0.717) is 24.3 Å². The van der Waals surface area contributed by atoms with E-state index in [9.17, 15) is 9.59 Å². The molecule has 0 saturated heterocycles. The van der Waals surface area contributed by atoms with E-state index in [1.165, 1.54) is 0 Å². The van der Waals surface area contributed by atoms with Gasteiger partial charge in [0.25, 0.3) is 5.91 Å². The van der Waals surface area contributed by atoms with E-state index in [0.717, 1.165) is 16.8 Å². The zero-order valence-electron chi connectivity index (χ0n) is 14.0. The van der Waals surface area contributed by atoms with Gasteiger partial charge in [-0.1, -0.05) is 18.2 Å². The second-order valence-electron chi connectivity index (χ2n) is 5.62. The molecule has 1 aliphatic rings. The van der Waals surface area contributed by atoms with Crippen LogP contribution in [0.3, 0.4) is 0 Å². The summed E-state index contributed by atoms with van der Waals surface area (Å²) in [7, 11) is 0. The Morgan fingerprint density at radius 1 is 1.25 bits per heavy atom. The number of anilines is 2. The summed E-state index contributed by atoms with van der Waals surface area (Å²) in [5.74, 6) is -0.192. The molecule has 3 rings (SSSR count). The molecule has 119 valence electrons. The Morgan fingerprint density at radius 2 is 2.00 bits per heavy atom. The molecule has 0 saturated carbocycles. The summed E-state index contributed by atoms with van der Waals surface area (Å²) in [6.07, 6.45) is 0.278. The van der Waals surface area contributed by atoms with Gasteiger partial charge in [0.05, 0.1) is 11.4 Å². The Morgan fingerprint density at radius 3 is 2.71 bits per heavy atom. The van der Waals surface area contributed by atoms with E-state index in [4.69, 9.17) is 5.73 Å². The summed E-state index contributed by atoms with van der Waals surface area (Å²) < 4.78 is 0. The van der Waals surface area contributed by atoms with Crippen LogP contribution in [0.15, 0.2) is 42.5 Å². The third kappa shape index (κ3) is 3.70. The van der Waals surface area contributed by atoms with E-state index >= 15 is 0 Å². The maximum atomic E-state index is 12.9. The molecule has 0 fully saturated rings. The monoisotopic (exact) mass is 332 g/mol. The van der Waals surface area contributed by atoms with Crippen molar-refractivity contribution >= 4 is 52.7 Å². The molecule has 0 spiro atoms. The first-order chi connectivity index (χ1) is 11.1. The number of hydrogen-bond acceptors (Lipinski definition) is 3. The normalized spacial score (nSPS) is 13.4. The Labute approximate surface area is 163 Å². The summed E-state index contributed by atoms with van der Waals surface area (Å²) >= 11 is 0. The van der Waals surface area contributed by atoms with Gasteiger partial charge in [-0.3, -0.25) is 9.59 Å². The Hall–Kier alpha value is -1.66. The number of para-hydroxylation sites is 2. The fraction of sp³-hybridized carbons (Fsp3) is 0.222. The number of carbonyl (C=O) groups is 2. The van der Waals surface area contributed by atoms with Crippen molar-refractivity contribution in [2.75, 3.05) is 16.8 Å². The van der Waals surface area contributed by atoms with Gasteiger partial charge in [0, 0.05) is 54.6 Å². The van der Waals surface area contributed by atoms with Crippen molar-refractivity contribution in [2.24, 2.45) is 5.73 Å². The molecular weight excluding hydrogens is 313 g/mol. The SMILES string of the molecule is Cc1cc(C(=O)N2CCC(=O)Nc3ccccc32)ccc1CN.[Na]. The van der Waals surface area contributed by atoms with E-state index < -0.39 is 0 Å². The van der Waals surface area contributed by atoms with Crippen molar-refractivity contribution in [3.05, 3.63) is 59.2 Å². The van der Waals surface area contributed by atoms with Crippen LogP contribution in [0.4, 0.5) is 11.4 Å². The van der Waals surface area contributed by atoms with Crippen molar-refractivity contribution in [2.45, 2.75) is 19.9 Å². The van der Waals surface area contributed by atoms with Gasteiger partial charge in [-0.2, -0.15) is 0 Å². The molecule has 5 nitrogen and oxygen atoms in total. The molecule has 1 aliphatic heterocycles. The van der Waals surface area contributed by atoms with Crippen molar-refractivity contribution in [3.8, 4) is 0 Å². The van der Waals surface area contributed by atoms with Crippen LogP contribution in [-0.4, -0.2) is 47.9 Å². The van der Waals surface area contributed by atoms with Gasteiger partial charge in [0.15, 0.2) is 0 Å². The predicted octanol–water partition coefficient (Wildman–Crippen LogP) is 2.06. The minimum Gasteiger partial charge on any atom is -0.326 e.